The summed E-state index contributed by atoms with van der Waals surface area (Å²) in [5.74, 6) is 0.957. The lowest BCUT2D eigenvalue weighted by Crippen LogP contribution is -2.44. The van der Waals surface area contributed by atoms with E-state index in [1.54, 1.807) is 0 Å². The topological polar surface area (TPSA) is 38.5 Å². The van der Waals surface area contributed by atoms with Gasteiger partial charge in [0.25, 0.3) is 0 Å². The van der Waals surface area contributed by atoms with Crippen molar-refractivity contribution in [3.8, 4) is 0 Å². The van der Waals surface area contributed by atoms with Gasteiger partial charge >= 0.3 is 0 Å². The fourth-order valence-electron chi connectivity index (χ4n) is 3.34. The van der Waals surface area contributed by atoms with Gasteiger partial charge in [-0.15, -0.1) is 0 Å². The molecule has 0 saturated carbocycles. The first-order valence-corrected chi connectivity index (χ1v) is 6.46. The molecule has 2 saturated heterocycles. The van der Waals surface area contributed by atoms with E-state index in [4.69, 9.17) is 9.26 Å². The molecule has 3 rings (SSSR count). The minimum absolute atomic E-state index is 0.465. The predicted molar refractivity (Wildman–Crippen MR) is 63.6 cm³/mol. The fourth-order valence-corrected chi connectivity index (χ4v) is 3.34. The molecule has 0 aromatic carbocycles. The highest BCUT2D eigenvalue weighted by atomic mass is 16.5. The van der Waals surface area contributed by atoms with Crippen molar-refractivity contribution in [2.75, 3.05) is 7.11 Å². The standard InChI is InChI=1S/C13H20N2O2/c1-9-10(7-14-17-9)8-15-11-3-4-12(15)6-13(5-11)16-2/h7,11-13H,3-6,8H2,1-2H3. The molecule has 2 bridgehead atoms. The molecule has 0 spiro atoms. The van der Waals surface area contributed by atoms with Gasteiger partial charge in [0, 0.05) is 31.3 Å². The molecule has 4 heteroatoms. The van der Waals surface area contributed by atoms with Crippen molar-refractivity contribution in [3.05, 3.63) is 17.5 Å². The third-order valence-corrected chi connectivity index (χ3v) is 4.38. The highest BCUT2D eigenvalue weighted by Gasteiger charge is 2.40. The summed E-state index contributed by atoms with van der Waals surface area (Å²) in [6, 6.07) is 1.38. The van der Waals surface area contributed by atoms with Crippen LogP contribution in [0.15, 0.2) is 10.7 Å². The molecule has 2 unspecified atom stereocenters. The lowest BCUT2D eigenvalue weighted by Gasteiger charge is -2.38. The van der Waals surface area contributed by atoms with Crippen molar-refractivity contribution >= 4 is 0 Å². The number of ether oxygens (including phenoxy) is 1. The molecule has 4 nitrogen and oxygen atoms in total. The molecule has 3 heterocycles. The predicted octanol–water partition coefficient (Wildman–Crippen LogP) is 2.12. The second-order valence-electron chi connectivity index (χ2n) is 5.29. The van der Waals surface area contributed by atoms with Crippen LogP contribution in [0.25, 0.3) is 0 Å². The Balaban J connectivity index is 1.71. The van der Waals surface area contributed by atoms with Crippen molar-refractivity contribution in [2.24, 2.45) is 0 Å². The van der Waals surface area contributed by atoms with Gasteiger partial charge in [-0.05, 0) is 32.6 Å². The first kappa shape index (κ1) is 11.2. The van der Waals surface area contributed by atoms with E-state index in [9.17, 15) is 0 Å². The summed E-state index contributed by atoms with van der Waals surface area (Å²) in [6.07, 6.45) is 7.31. The molecule has 0 amide bonds. The molecular formula is C13H20N2O2. The van der Waals surface area contributed by atoms with E-state index in [0.29, 0.717) is 18.2 Å². The van der Waals surface area contributed by atoms with Gasteiger partial charge in [0.2, 0.25) is 0 Å². The normalized spacial score (nSPS) is 33.2. The van der Waals surface area contributed by atoms with Crippen LogP contribution in [0.3, 0.4) is 0 Å². The number of nitrogens with zero attached hydrogens (tertiary/aromatic N) is 2. The van der Waals surface area contributed by atoms with Crippen LogP contribution in [0, 0.1) is 6.92 Å². The molecule has 0 aliphatic carbocycles. The van der Waals surface area contributed by atoms with Crippen molar-refractivity contribution in [1.29, 1.82) is 0 Å². The van der Waals surface area contributed by atoms with E-state index in [-0.39, 0.29) is 0 Å². The maximum atomic E-state index is 5.52. The fraction of sp³-hybridized carbons (Fsp3) is 0.769. The van der Waals surface area contributed by atoms with Gasteiger partial charge in [0.05, 0.1) is 12.3 Å². The maximum absolute atomic E-state index is 5.52. The molecule has 0 radical (unpaired) electrons. The zero-order valence-corrected chi connectivity index (χ0v) is 10.6. The van der Waals surface area contributed by atoms with E-state index < -0.39 is 0 Å². The average Bonchev–Trinajstić information content (AvgIpc) is 2.82. The Morgan fingerprint density at radius 1 is 1.41 bits per heavy atom. The highest BCUT2D eigenvalue weighted by Crippen LogP contribution is 2.37. The average molecular weight is 236 g/mol. The summed E-state index contributed by atoms with van der Waals surface area (Å²) < 4.78 is 10.7. The molecular weight excluding hydrogens is 216 g/mol. The maximum Gasteiger partial charge on any atom is 0.138 e. The Bertz CT molecular complexity index is 377. The third-order valence-electron chi connectivity index (χ3n) is 4.38. The summed E-state index contributed by atoms with van der Waals surface area (Å²) in [5.41, 5.74) is 1.23. The molecule has 2 aliphatic heterocycles. The van der Waals surface area contributed by atoms with Gasteiger partial charge in [-0.2, -0.15) is 0 Å². The summed E-state index contributed by atoms with van der Waals surface area (Å²) in [6.45, 7) is 2.98. The Morgan fingerprint density at radius 2 is 2.12 bits per heavy atom. The van der Waals surface area contributed by atoms with E-state index in [1.807, 2.05) is 20.2 Å². The number of piperidine rings is 1. The largest absolute Gasteiger partial charge is 0.381 e. The molecule has 94 valence electrons. The van der Waals surface area contributed by atoms with Crippen LogP contribution < -0.4 is 0 Å². The molecule has 2 fully saturated rings. The van der Waals surface area contributed by atoms with E-state index in [0.717, 1.165) is 12.3 Å². The van der Waals surface area contributed by atoms with Gasteiger partial charge in [0.1, 0.15) is 5.76 Å². The van der Waals surface area contributed by atoms with Crippen LogP contribution in [-0.2, 0) is 11.3 Å². The van der Waals surface area contributed by atoms with Crippen LogP contribution in [0.1, 0.15) is 37.0 Å². The van der Waals surface area contributed by atoms with Crippen LogP contribution in [0.4, 0.5) is 0 Å². The van der Waals surface area contributed by atoms with Gasteiger partial charge in [-0.1, -0.05) is 5.16 Å². The van der Waals surface area contributed by atoms with Gasteiger partial charge < -0.3 is 9.26 Å². The van der Waals surface area contributed by atoms with Crippen LogP contribution in [0.2, 0.25) is 0 Å². The van der Waals surface area contributed by atoms with Crippen LogP contribution in [0.5, 0.6) is 0 Å². The molecule has 0 N–H and O–H groups in total. The molecule has 1 aromatic heterocycles. The number of methoxy groups -OCH3 is 1. The Hall–Kier alpha value is -0.870. The molecule has 2 aliphatic rings. The summed E-state index contributed by atoms with van der Waals surface area (Å²) in [7, 11) is 1.84. The number of fused-ring (bicyclic) bond motifs is 2. The molecule has 2 atom stereocenters. The summed E-state index contributed by atoms with van der Waals surface area (Å²) in [5, 5.41) is 3.86. The zero-order valence-electron chi connectivity index (χ0n) is 10.6. The highest BCUT2D eigenvalue weighted by molar-refractivity contribution is 5.13. The summed E-state index contributed by atoms with van der Waals surface area (Å²) in [4.78, 5) is 2.62. The zero-order chi connectivity index (χ0) is 11.8. The number of hydrogen-bond acceptors (Lipinski definition) is 4. The monoisotopic (exact) mass is 236 g/mol. The van der Waals surface area contributed by atoms with Crippen molar-refractivity contribution in [2.45, 2.75) is 57.3 Å². The summed E-state index contributed by atoms with van der Waals surface area (Å²) >= 11 is 0. The number of aromatic nitrogens is 1. The third kappa shape index (κ3) is 2.00. The first-order valence-electron chi connectivity index (χ1n) is 6.46. The molecule has 17 heavy (non-hydrogen) atoms. The van der Waals surface area contributed by atoms with Crippen LogP contribution >= 0.6 is 0 Å². The van der Waals surface area contributed by atoms with Crippen molar-refractivity contribution in [3.63, 3.8) is 0 Å². The minimum Gasteiger partial charge on any atom is -0.381 e. The Labute approximate surface area is 102 Å². The van der Waals surface area contributed by atoms with E-state index >= 15 is 0 Å². The molecule has 1 aromatic rings. The van der Waals surface area contributed by atoms with E-state index in [2.05, 4.69) is 10.1 Å². The van der Waals surface area contributed by atoms with Gasteiger partial charge in [-0.3, -0.25) is 4.90 Å². The quantitative estimate of drug-likeness (QED) is 0.806. The minimum atomic E-state index is 0.465. The second kappa shape index (κ2) is 4.42. The SMILES string of the molecule is COC1CC2CCC(C1)N2Cc1cnoc1C. The van der Waals surface area contributed by atoms with Crippen molar-refractivity contribution < 1.29 is 9.26 Å². The number of hydrogen-bond donors (Lipinski definition) is 0. The Morgan fingerprint density at radius 3 is 2.65 bits per heavy atom. The second-order valence-corrected chi connectivity index (χ2v) is 5.29. The van der Waals surface area contributed by atoms with Gasteiger partial charge in [0.15, 0.2) is 0 Å². The smallest absolute Gasteiger partial charge is 0.138 e. The lowest BCUT2D eigenvalue weighted by atomic mass is 9.99. The first-order chi connectivity index (χ1) is 8.28. The van der Waals surface area contributed by atoms with E-state index in [1.165, 1.54) is 31.2 Å². The van der Waals surface area contributed by atoms with Crippen molar-refractivity contribution in [1.82, 2.24) is 10.1 Å². The lowest BCUT2D eigenvalue weighted by molar-refractivity contribution is 0.00239. The number of aryl methyl sites for hydroxylation is 1. The van der Waals surface area contributed by atoms with Crippen LogP contribution in [-0.4, -0.2) is 35.4 Å². The van der Waals surface area contributed by atoms with Gasteiger partial charge in [-0.25, -0.2) is 0 Å². The Kier molecular flexibility index (Phi) is 2.92. The number of rotatable bonds is 3.